The maximum Gasteiger partial charge on any atom is 0.301 e. The number of pyridine rings is 1. The number of morpholine rings is 1. The molecule has 0 atom stereocenters. The Kier molecular flexibility index (Phi) is 4.16. The van der Waals surface area contributed by atoms with E-state index < -0.39 is 10.2 Å². The number of fused-ring (bicyclic) bond motifs is 1. The monoisotopic (exact) mass is 358 g/mol. The van der Waals surface area contributed by atoms with E-state index in [0.717, 1.165) is 22.2 Å². The first-order valence-electron chi connectivity index (χ1n) is 8.02. The second-order valence-corrected chi connectivity index (χ2v) is 7.46. The van der Waals surface area contributed by atoms with Crippen LogP contribution in [0.2, 0.25) is 0 Å². The Morgan fingerprint density at radius 1 is 1.08 bits per heavy atom. The first kappa shape index (κ1) is 16.1. The molecule has 0 amide bonds. The lowest BCUT2D eigenvalue weighted by Crippen LogP contribution is -2.43. The number of H-pyrrole nitrogens is 1. The number of rotatable bonds is 4. The van der Waals surface area contributed by atoms with Crippen LogP contribution in [0.1, 0.15) is 0 Å². The zero-order chi connectivity index (χ0) is 17.3. The Balaban J connectivity index is 1.57. The third-order valence-corrected chi connectivity index (χ3v) is 5.75. The largest absolute Gasteiger partial charge is 0.379 e. The van der Waals surface area contributed by atoms with Gasteiger partial charge in [-0.05, 0) is 35.4 Å². The molecule has 7 nitrogen and oxygen atoms in total. The van der Waals surface area contributed by atoms with Crippen LogP contribution in [-0.4, -0.2) is 49.0 Å². The molecule has 4 rings (SSSR count). The molecule has 1 aliphatic heterocycles. The average Bonchev–Trinajstić information content (AvgIpc) is 3.12. The van der Waals surface area contributed by atoms with Crippen molar-refractivity contribution in [3.05, 3.63) is 48.8 Å². The first-order valence-corrected chi connectivity index (χ1v) is 9.46. The summed E-state index contributed by atoms with van der Waals surface area (Å²) in [5, 5.41) is 1.03. The van der Waals surface area contributed by atoms with Gasteiger partial charge in [0, 0.05) is 36.6 Å². The number of aromatic nitrogens is 2. The number of hydrogen-bond donors (Lipinski definition) is 2. The van der Waals surface area contributed by atoms with Gasteiger partial charge in [0.1, 0.15) is 5.65 Å². The third-order valence-electron chi connectivity index (χ3n) is 4.21. The first-order chi connectivity index (χ1) is 12.1. The van der Waals surface area contributed by atoms with Crippen molar-refractivity contribution in [2.45, 2.75) is 0 Å². The van der Waals surface area contributed by atoms with E-state index in [1.165, 1.54) is 4.31 Å². The van der Waals surface area contributed by atoms with Crippen molar-refractivity contribution in [2.75, 3.05) is 31.0 Å². The van der Waals surface area contributed by atoms with E-state index >= 15 is 0 Å². The Morgan fingerprint density at radius 3 is 2.60 bits per heavy atom. The van der Waals surface area contributed by atoms with Crippen LogP contribution in [0.15, 0.2) is 48.8 Å². The summed E-state index contributed by atoms with van der Waals surface area (Å²) in [7, 11) is -3.55. The summed E-state index contributed by atoms with van der Waals surface area (Å²) >= 11 is 0. The van der Waals surface area contributed by atoms with Gasteiger partial charge in [0.15, 0.2) is 0 Å². The van der Waals surface area contributed by atoms with E-state index in [0.29, 0.717) is 32.0 Å². The van der Waals surface area contributed by atoms with Crippen LogP contribution >= 0.6 is 0 Å². The number of benzene rings is 1. The minimum Gasteiger partial charge on any atom is -0.379 e. The number of nitrogens with one attached hydrogen (secondary N) is 2. The van der Waals surface area contributed by atoms with Crippen LogP contribution in [-0.2, 0) is 14.9 Å². The van der Waals surface area contributed by atoms with E-state index in [2.05, 4.69) is 14.7 Å². The molecule has 1 fully saturated rings. The number of nitrogens with zero attached hydrogens (tertiary/aromatic N) is 2. The molecule has 0 saturated carbocycles. The maximum atomic E-state index is 12.4. The van der Waals surface area contributed by atoms with Gasteiger partial charge in [-0.3, -0.25) is 4.72 Å². The summed E-state index contributed by atoms with van der Waals surface area (Å²) in [6.45, 7) is 1.59. The Morgan fingerprint density at radius 2 is 1.84 bits per heavy atom. The molecule has 0 aliphatic carbocycles. The molecule has 0 spiro atoms. The van der Waals surface area contributed by atoms with Crippen molar-refractivity contribution in [3.8, 4) is 11.1 Å². The fourth-order valence-corrected chi connectivity index (χ4v) is 4.12. The molecule has 3 aromatic rings. The van der Waals surface area contributed by atoms with E-state index in [9.17, 15) is 8.42 Å². The molecule has 25 heavy (non-hydrogen) atoms. The predicted octanol–water partition coefficient (Wildman–Crippen LogP) is 2.22. The number of hydrogen-bond acceptors (Lipinski definition) is 4. The maximum absolute atomic E-state index is 12.4. The van der Waals surface area contributed by atoms with Gasteiger partial charge in [-0.2, -0.15) is 12.7 Å². The topological polar surface area (TPSA) is 87.3 Å². The quantitative estimate of drug-likeness (QED) is 0.749. The molecule has 2 N–H and O–H groups in total. The van der Waals surface area contributed by atoms with Crippen molar-refractivity contribution >= 4 is 26.9 Å². The lowest BCUT2D eigenvalue weighted by molar-refractivity contribution is 0.0733. The SMILES string of the molecule is O=S(=O)(Nc1ccc(-c2ccnc3[nH]ccc23)cc1)N1CCOCC1. The van der Waals surface area contributed by atoms with Gasteiger partial charge in [0.25, 0.3) is 0 Å². The van der Waals surface area contributed by atoms with E-state index in [4.69, 9.17) is 4.74 Å². The Bertz CT molecular complexity index is 977. The average molecular weight is 358 g/mol. The number of anilines is 1. The minimum absolute atomic E-state index is 0.371. The minimum atomic E-state index is -3.55. The van der Waals surface area contributed by atoms with Gasteiger partial charge >= 0.3 is 10.2 Å². The summed E-state index contributed by atoms with van der Waals surface area (Å²) in [5.41, 5.74) is 3.42. The standard InChI is InChI=1S/C17H18N4O3S/c22-25(23,21-9-11-24-12-10-21)20-14-3-1-13(2-4-14)15-5-7-18-17-16(15)6-8-19-17/h1-8,20H,9-12H2,(H,18,19). The molecule has 1 aromatic carbocycles. The summed E-state index contributed by atoms with van der Waals surface area (Å²) < 4.78 is 34.0. The molecule has 130 valence electrons. The third kappa shape index (κ3) is 3.23. The molecular weight excluding hydrogens is 340 g/mol. The Hall–Kier alpha value is -2.42. The van der Waals surface area contributed by atoms with Crippen LogP contribution < -0.4 is 4.72 Å². The highest BCUT2D eigenvalue weighted by Crippen LogP contribution is 2.28. The summed E-state index contributed by atoms with van der Waals surface area (Å²) in [4.78, 5) is 7.37. The normalized spacial score (nSPS) is 16.2. The van der Waals surface area contributed by atoms with Crippen molar-refractivity contribution in [3.63, 3.8) is 0 Å². The lowest BCUT2D eigenvalue weighted by atomic mass is 10.0. The van der Waals surface area contributed by atoms with Crippen molar-refractivity contribution < 1.29 is 13.2 Å². The summed E-state index contributed by atoms with van der Waals surface area (Å²) in [6.07, 6.45) is 3.61. The fourth-order valence-electron chi connectivity index (χ4n) is 2.93. The molecule has 1 saturated heterocycles. The molecule has 8 heteroatoms. The van der Waals surface area contributed by atoms with Gasteiger partial charge < -0.3 is 9.72 Å². The second kappa shape index (κ2) is 6.47. The fraction of sp³-hybridized carbons (Fsp3) is 0.235. The van der Waals surface area contributed by atoms with Gasteiger partial charge in [-0.1, -0.05) is 12.1 Å². The predicted molar refractivity (Wildman–Crippen MR) is 96.5 cm³/mol. The van der Waals surface area contributed by atoms with Gasteiger partial charge in [-0.25, -0.2) is 4.98 Å². The van der Waals surface area contributed by atoms with E-state index in [-0.39, 0.29) is 0 Å². The zero-order valence-electron chi connectivity index (χ0n) is 13.5. The van der Waals surface area contributed by atoms with Crippen molar-refractivity contribution in [1.82, 2.24) is 14.3 Å². The molecule has 0 bridgehead atoms. The van der Waals surface area contributed by atoms with Crippen LogP contribution in [0.4, 0.5) is 5.69 Å². The molecule has 3 heterocycles. The number of ether oxygens (including phenoxy) is 1. The van der Waals surface area contributed by atoms with Gasteiger partial charge in [0.05, 0.1) is 13.2 Å². The highest BCUT2D eigenvalue weighted by Gasteiger charge is 2.24. The summed E-state index contributed by atoms with van der Waals surface area (Å²) in [6, 6.07) is 11.3. The van der Waals surface area contributed by atoms with E-state index in [1.54, 1.807) is 18.3 Å². The molecule has 1 aliphatic rings. The van der Waals surface area contributed by atoms with E-state index in [1.807, 2.05) is 30.5 Å². The van der Waals surface area contributed by atoms with Crippen LogP contribution in [0, 0.1) is 0 Å². The van der Waals surface area contributed by atoms with Gasteiger partial charge in [-0.15, -0.1) is 0 Å². The second-order valence-electron chi connectivity index (χ2n) is 5.79. The van der Waals surface area contributed by atoms with Crippen LogP contribution in [0.5, 0.6) is 0 Å². The molecule has 0 unspecified atom stereocenters. The summed E-state index contributed by atoms with van der Waals surface area (Å²) in [5.74, 6) is 0. The number of aromatic amines is 1. The molecule has 2 aromatic heterocycles. The highest BCUT2D eigenvalue weighted by molar-refractivity contribution is 7.90. The molecular formula is C17H18N4O3S. The van der Waals surface area contributed by atoms with Crippen LogP contribution in [0.3, 0.4) is 0 Å². The van der Waals surface area contributed by atoms with Gasteiger partial charge in [0.2, 0.25) is 0 Å². The Labute approximate surface area is 145 Å². The van der Waals surface area contributed by atoms with Crippen molar-refractivity contribution in [1.29, 1.82) is 0 Å². The smallest absolute Gasteiger partial charge is 0.301 e. The van der Waals surface area contributed by atoms with Crippen LogP contribution in [0.25, 0.3) is 22.2 Å². The molecule has 0 radical (unpaired) electrons. The zero-order valence-corrected chi connectivity index (χ0v) is 14.3. The van der Waals surface area contributed by atoms with Crippen molar-refractivity contribution in [2.24, 2.45) is 0 Å². The highest BCUT2D eigenvalue weighted by atomic mass is 32.2. The lowest BCUT2D eigenvalue weighted by Gasteiger charge is -2.26.